The molecule has 1 aromatic rings. The van der Waals surface area contributed by atoms with Crippen LogP contribution in [0, 0.1) is 11.8 Å². The third kappa shape index (κ3) is 4.78. The molecule has 17 heavy (non-hydrogen) atoms. The molecule has 1 N–H and O–H groups in total. The smallest absolute Gasteiger partial charge is 0.123 e. The minimum atomic E-state index is 0.703. The van der Waals surface area contributed by atoms with Crippen molar-refractivity contribution in [3.63, 3.8) is 0 Å². The molecule has 2 nitrogen and oxygen atoms in total. The Bertz CT molecular complexity index is 322. The van der Waals surface area contributed by atoms with Crippen molar-refractivity contribution in [2.24, 2.45) is 11.8 Å². The van der Waals surface area contributed by atoms with Gasteiger partial charge in [-0.25, -0.2) is 0 Å². The summed E-state index contributed by atoms with van der Waals surface area (Å²) in [7, 11) is 0. The second-order valence-corrected chi connectivity index (χ2v) is 4.89. The van der Waals surface area contributed by atoms with Gasteiger partial charge in [-0.2, -0.15) is 0 Å². The zero-order valence-corrected chi connectivity index (χ0v) is 11.5. The number of benzene rings is 1. The Labute approximate surface area is 105 Å². The van der Waals surface area contributed by atoms with Gasteiger partial charge in [0.05, 0.1) is 6.61 Å². The highest BCUT2D eigenvalue weighted by Crippen LogP contribution is 2.17. The van der Waals surface area contributed by atoms with E-state index in [9.17, 15) is 0 Å². The van der Waals surface area contributed by atoms with Crippen LogP contribution in [-0.2, 0) is 6.54 Å². The molecule has 0 aromatic heterocycles. The Hall–Kier alpha value is -1.02. The molecule has 1 atom stereocenters. The molecule has 2 heteroatoms. The van der Waals surface area contributed by atoms with Gasteiger partial charge in [-0.3, -0.25) is 0 Å². The maximum atomic E-state index is 5.60. The molecule has 1 rings (SSSR count). The first-order valence-corrected chi connectivity index (χ1v) is 6.56. The first-order chi connectivity index (χ1) is 8.15. The van der Waals surface area contributed by atoms with Gasteiger partial charge in [0.1, 0.15) is 5.75 Å². The predicted octanol–water partition coefficient (Wildman–Crippen LogP) is 3.47. The van der Waals surface area contributed by atoms with Gasteiger partial charge in [-0.05, 0) is 31.4 Å². The quantitative estimate of drug-likeness (QED) is 0.781. The Kier molecular flexibility index (Phi) is 6.06. The number of hydrogen-bond donors (Lipinski definition) is 1. The van der Waals surface area contributed by atoms with E-state index < -0.39 is 0 Å². The van der Waals surface area contributed by atoms with Crippen molar-refractivity contribution < 1.29 is 4.74 Å². The van der Waals surface area contributed by atoms with E-state index in [1.54, 1.807) is 0 Å². The molecular formula is C15H25NO. The van der Waals surface area contributed by atoms with Crippen molar-refractivity contribution in [2.45, 2.75) is 34.2 Å². The van der Waals surface area contributed by atoms with Crippen molar-refractivity contribution in [2.75, 3.05) is 13.2 Å². The number of ether oxygens (including phenoxy) is 1. The monoisotopic (exact) mass is 235 g/mol. The summed E-state index contributed by atoms with van der Waals surface area (Å²) in [5, 5.41) is 3.50. The lowest BCUT2D eigenvalue weighted by Gasteiger charge is -2.17. The van der Waals surface area contributed by atoms with Crippen molar-refractivity contribution in [3.05, 3.63) is 29.8 Å². The Morgan fingerprint density at radius 2 is 1.88 bits per heavy atom. The minimum Gasteiger partial charge on any atom is -0.494 e. The first-order valence-electron chi connectivity index (χ1n) is 6.56. The maximum absolute atomic E-state index is 5.60. The highest BCUT2D eigenvalue weighted by Gasteiger charge is 2.07. The molecule has 1 aromatic carbocycles. The average Bonchev–Trinajstić information content (AvgIpc) is 2.31. The van der Waals surface area contributed by atoms with E-state index in [0.717, 1.165) is 31.4 Å². The summed E-state index contributed by atoms with van der Waals surface area (Å²) < 4.78 is 5.60. The fraction of sp³-hybridized carbons (Fsp3) is 0.600. The van der Waals surface area contributed by atoms with Crippen molar-refractivity contribution in [1.82, 2.24) is 5.32 Å². The molecule has 0 aliphatic carbocycles. The standard InChI is InChI=1S/C15H25NO/c1-5-17-15-9-7-6-8-14(15)11-16-10-13(4)12(2)3/h6-9,12-13,16H,5,10-11H2,1-4H3. The Morgan fingerprint density at radius 3 is 2.53 bits per heavy atom. The molecule has 0 radical (unpaired) electrons. The van der Waals surface area contributed by atoms with Gasteiger partial charge in [0.2, 0.25) is 0 Å². The van der Waals surface area contributed by atoms with Crippen LogP contribution in [0.5, 0.6) is 5.75 Å². The molecule has 0 amide bonds. The molecular weight excluding hydrogens is 210 g/mol. The highest BCUT2D eigenvalue weighted by atomic mass is 16.5. The summed E-state index contributed by atoms with van der Waals surface area (Å²) in [6, 6.07) is 8.24. The topological polar surface area (TPSA) is 21.3 Å². The van der Waals surface area contributed by atoms with E-state index in [4.69, 9.17) is 4.74 Å². The molecule has 0 spiro atoms. The molecule has 1 unspecified atom stereocenters. The summed E-state index contributed by atoms with van der Waals surface area (Å²) in [6.45, 7) is 11.5. The van der Waals surface area contributed by atoms with Crippen LogP contribution in [0.1, 0.15) is 33.3 Å². The molecule has 0 bridgehead atoms. The molecule has 0 aliphatic rings. The average molecular weight is 235 g/mol. The van der Waals surface area contributed by atoms with E-state index in [2.05, 4.69) is 38.2 Å². The fourth-order valence-corrected chi connectivity index (χ4v) is 1.62. The lowest BCUT2D eigenvalue weighted by Crippen LogP contribution is -2.24. The van der Waals surface area contributed by atoms with E-state index in [0.29, 0.717) is 5.92 Å². The number of hydrogen-bond acceptors (Lipinski definition) is 2. The largest absolute Gasteiger partial charge is 0.494 e. The zero-order valence-electron chi connectivity index (χ0n) is 11.5. The van der Waals surface area contributed by atoms with Gasteiger partial charge in [-0.1, -0.05) is 39.0 Å². The second-order valence-electron chi connectivity index (χ2n) is 4.89. The molecule has 0 aliphatic heterocycles. The van der Waals surface area contributed by atoms with Crippen LogP contribution in [0.2, 0.25) is 0 Å². The first kappa shape index (κ1) is 14.0. The molecule has 0 saturated heterocycles. The third-order valence-electron chi connectivity index (χ3n) is 3.19. The van der Waals surface area contributed by atoms with E-state index in [1.807, 2.05) is 19.1 Å². The Balaban J connectivity index is 2.45. The zero-order chi connectivity index (χ0) is 12.7. The van der Waals surface area contributed by atoms with Crippen LogP contribution < -0.4 is 10.1 Å². The maximum Gasteiger partial charge on any atom is 0.123 e. The van der Waals surface area contributed by atoms with Crippen LogP contribution in [0.15, 0.2) is 24.3 Å². The lowest BCUT2D eigenvalue weighted by molar-refractivity contribution is 0.333. The molecule has 96 valence electrons. The molecule has 0 saturated carbocycles. The minimum absolute atomic E-state index is 0.703. The number of para-hydroxylation sites is 1. The van der Waals surface area contributed by atoms with Gasteiger partial charge in [0, 0.05) is 12.1 Å². The third-order valence-corrected chi connectivity index (χ3v) is 3.19. The lowest BCUT2D eigenvalue weighted by atomic mass is 9.98. The van der Waals surface area contributed by atoms with E-state index in [-0.39, 0.29) is 0 Å². The van der Waals surface area contributed by atoms with Gasteiger partial charge >= 0.3 is 0 Å². The SMILES string of the molecule is CCOc1ccccc1CNCC(C)C(C)C. The predicted molar refractivity (Wildman–Crippen MR) is 73.3 cm³/mol. The van der Waals surface area contributed by atoms with Gasteiger partial charge in [0.25, 0.3) is 0 Å². The van der Waals surface area contributed by atoms with Crippen molar-refractivity contribution in [1.29, 1.82) is 0 Å². The molecule has 0 heterocycles. The van der Waals surface area contributed by atoms with Crippen LogP contribution in [0.3, 0.4) is 0 Å². The van der Waals surface area contributed by atoms with Gasteiger partial charge < -0.3 is 10.1 Å². The molecule has 0 fully saturated rings. The summed E-state index contributed by atoms with van der Waals surface area (Å²) in [4.78, 5) is 0. The van der Waals surface area contributed by atoms with Crippen molar-refractivity contribution in [3.8, 4) is 5.75 Å². The summed E-state index contributed by atoms with van der Waals surface area (Å²) >= 11 is 0. The Morgan fingerprint density at radius 1 is 1.18 bits per heavy atom. The van der Waals surface area contributed by atoms with Crippen LogP contribution in [-0.4, -0.2) is 13.2 Å². The highest BCUT2D eigenvalue weighted by molar-refractivity contribution is 5.33. The summed E-state index contributed by atoms with van der Waals surface area (Å²) in [5.41, 5.74) is 1.24. The van der Waals surface area contributed by atoms with E-state index >= 15 is 0 Å². The second kappa shape index (κ2) is 7.33. The fourth-order valence-electron chi connectivity index (χ4n) is 1.62. The van der Waals surface area contributed by atoms with Crippen LogP contribution in [0.4, 0.5) is 0 Å². The van der Waals surface area contributed by atoms with Gasteiger partial charge in [0.15, 0.2) is 0 Å². The normalized spacial score (nSPS) is 12.8. The van der Waals surface area contributed by atoms with Crippen LogP contribution >= 0.6 is 0 Å². The van der Waals surface area contributed by atoms with Crippen molar-refractivity contribution >= 4 is 0 Å². The van der Waals surface area contributed by atoms with E-state index in [1.165, 1.54) is 5.56 Å². The number of nitrogens with one attached hydrogen (secondary N) is 1. The van der Waals surface area contributed by atoms with Gasteiger partial charge in [-0.15, -0.1) is 0 Å². The number of rotatable bonds is 7. The summed E-state index contributed by atoms with van der Waals surface area (Å²) in [6.07, 6.45) is 0. The van der Waals surface area contributed by atoms with Crippen LogP contribution in [0.25, 0.3) is 0 Å². The summed E-state index contributed by atoms with van der Waals surface area (Å²) in [5.74, 6) is 2.43.